The molecule has 0 bridgehead atoms. The molecular weight excluding hydrogens is 276 g/mol. The van der Waals surface area contributed by atoms with Gasteiger partial charge in [0.25, 0.3) is 0 Å². The van der Waals surface area contributed by atoms with E-state index in [0.717, 1.165) is 18.7 Å². The standard InChI is InChI=1S/C17H28N4O/c1-13(2)21-9-5-6-15(12-21)10-19-17(22)20-14(3)16-7-4-8-18-11-16/h4,7-8,11,13-15H,5-6,9-10,12H2,1-3H3,(H2,19,20,22)/t14-,15+/m1/s1. The minimum Gasteiger partial charge on any atom is -0.338 e. The number of hydrogen-bond acceptors (Lipinski definition) is 3. The SMILES string of the molecule is CC(C)N1CCC[C@@H](CNC(=O)N[C@H](C)c2cccnc2)C1. The van der Waals surface area contributed by atoms with E-state index in [1.807, 2.05) is 19.1 Å². The first-order chi connectivity index (χ1) is 10.6. The lowest BCUT2D eigenvalue weighted by Gasteiger charge is -2.35. The number of likely N-dealkylation sites (tertiary alicyclic amines) is 1. The maximum atomic E-state index is 12.0. The highest BCUT2D eigenvalue weighted by molar-refractivity contribution is 5.74. The summed E-state index contributed by atoms with van der Waals surface area (Å²) in [6.07, 6.45) is 5.94. The Labute approximate surface area is 133 Å². The maximum absolute atomic E-state index is 12.0. The molecule has 2 N–H and O–H groups in total. The molecule has 5 heteroatoms. The number of nitrogens with zero attached hydrogens (tertiary/aromatic N) is 2. The van der Waals surface area contributed by atoms with Crippen molar-refractivity contribution in [3.05, 3.63) is 30.1 Å². The Hall–Kier alpha value is -1.62. The fourth-order valence-corrected chi connectivity index (χ4v) is 2.93. The molecule has 0 spiro atoms. The minimum atomic E-state index is -0.0991. The highest BCUT2D eigenvalue weighted by atomic mass is 16.2. The van der Waals surface area contributed by atoms with Gasteiger partial charge in [0.2, 0.25) is 0 Å². The number of piperidine rings is 1. The van der Waals surface area contributed by atoms with Crippen LogP contribution in [0.15, 0.2) is 24.5 Å². The Morgan fingerprint density at radius 3 is 2.95 bits per heavy atom. The molecule has 0 unspecified atom stereocenters. The maximum Gasteiger partial charge on any atom is 0.315 e. The van der Waals surface area contributed by atoms with Crippen LogP contribution in [-0.2, 0) is 0 Å². The van der Waals surface area contributed by atoms with Crippen molar-refractivity contribution in [2.24, 2.45) is 5.92 Å². The summed E-state index contributed by atoms with van der Waals surface area (Å²) in [6.45, 7) is 9.44. The van der Waals surface area contributed by atoms with Gasteiger partial charge >= 0.3 is 6.03 Å². The third-order valence-electron chi connectivity index (χ3n) is 4.36. The molecule has 1 aromatic heterocycles. The third-order valence-corrected chi connectivity index (χ3v) is 4.36. The normalized spacial score (nSPS) is 20.6. The largest absolute Gasteiger partial charge is 0.338 e. The summed E-state index contributed by atoms with van der Waals surface area (Å²) in [6, 6.07) is 4.31. The summed E-state index contributed by atoms with van der Waals surface area (Å²) in [5.41, 5.74) is 1.02. The lowest BCUT2D eigenvalue weighted by molar-refractivity contribution is 0.139. The van der Waals surface area contributed by atoms with Crippen LogP contribution in [0.1, 0.15) is 45.2 Å². The van der Waals surface area contributed by atoms with Crippen LogP contribution in [0.3, 0.4) is 0 Å². The quantitative estimate of drug-likeness (QED) is 0.879. The van der Waals surface area contributed by atoms with Crippen LogP contribution in [0.2, 0.25) is 0 Å². The van der Waals surface area contributed by atoms with E-state index in [4.69, 9.17) is 0 Å². The van der Waals surface area contributed by atoms with Gasteiger partial charge in [0.1, 0.15) is 0 Å². The van der Waals surface area contributed by atoms with Crippen molar-refractivity contribution >= 4 is 6.03 Å². The molecule has 22 heavy (non-hydrogen) atoms. The zero-order valence-electron chi connectivity index (χ0n) is 13.9. The van der Waals surface area contributed by atoms with Gasteiger partial charge in [-0.05, 0) is 57.7 Å². The van der Waals surface area contributed by atoms with Crippen LogP contribution in [0, 0.1) is 5.92 Å². The molecule has 5 nitrogen and oxygen atoms in total. The molecule has 2 rings (SSSR count). The van der Waals surface area contributed by atoms with Crippen molar-refractivity contribution in [1.82, 2.24) is 20.5 Å². The molecule has 2 amide bonds. The first kappa shape index (κ1) is 16.7. The summed E-state index contributed by atoms with van der Waals surface area (Å²) >= 11 is 0. The first-order valence-corrected chi connectivity index (χ1v) is 8.24. The fraction of sp³-hybridized carbons (Fsp3) is 0.647. The van der Waals surface area contributed by atoms with Gasteiger partial charge in [-0.15, -0.1) is 0 Å². The van der Waals surface area contributed by atoms with Gasteiger partial charge in [0.05, 0.1) is 6.04 Å². The molecule has 2 atom stereocenters. The van der Waals surface area contributed by atoms with E-state index >= 15 is 0 Å². The van der Waals surface area contributed by atoms with E-state index in [1.54, 1.807) is 12.4 Å². The van der Waals surface area contributed by atoms with Crippen molar-refractivity contribution in [2.45, 2.75) is 45.7 Å². The second-order valence-corrected chi connectivity index (χ2v) is 6.46. The molecule has 0 radical (unpaired) electrons. The number of carbonyl (C=O) groups is 1. The Balaban J connectivity index is 1.73. The number of rotatable bonds is 5. The number of urea groups is 1. The summed E-state index contributed by atoms with van der Waals surface area (Å²) in [7, 11) is 0. The van der Waals surface area contributed by atoms with E-state index in [9.17, 15) is 4.79 Å². The van der Waals surface area contributed by atoms with Crippen LogP contribution in [0.5, 0.6) is 0 Å². The third kappa shape index (κ3) is 4.98. The Morgan fingerprint density at radius 1 is 1.45 bits per heavy atom. The predicted octanol–water partition coefficient (Wildman–Crippen LogP) is 2.56. The molecule has 1 fully saturated rings. The van der Waals surface area contributed by atoms with Crippen LogP contribution in [-0.4, -0.2) is 41.6 Å². The highest BCUT2D eigenvalue weighted by Crippen LogP contribution is 2.17. The Kier molecular flexibility index (Phi) is 6.19. The van der Waals surface area contributed by atoms with Crippen molar-refractivity contribution in [2.75, 3.05) is 19.6 Å². The van der Waals surface area contributed by atoms with Crippen LogP contribution in [0.4, 0.5) is 4.79 Å². The number of amides is 2. The van der Waals surface area contributed by atoms with Crippen molar-refractivity contribution < 1.29 is 4.79 Å². The van der Waals surface area contributed by atoms with Crippen LogP contribution >= 0.6 is 0 Å². The van der Waals surface area contributed by atoms with E-state index in [1.165, 1.54) is 19.4 Å². The lowest BCUT2D eigenvalue weighted by Crippen LogP contribution is -2.45. The smallest absolute Gasteiger partial charge is 0.315 e. The second-order valence-electron chi connectivity index (χ2n) is 6.46. The number of pyridine rings is 1. The van der Waals surface area contributed by atoms with Gasteiger partial charge in [-0.1, -0.05) is 6.07 Å². The van der Waals surface area contributed by atoms with Crippen molar-refractivity contribution in [1.29, 1.82) is 0 Å². The molecule has 122 valence electrons. The number of hydrogen-bond donors (Lipinski definition) is 2. The summed E-state index contributed by atoms with van der Waals surface area (Å²) in [4.78, 5) is 18.6. The lowest BCUT2D eigenvalue weighted by atomic mass is 9.97. The van der Waals surface area contributed by atoms with Crippen molar-refractivity contribution in [3.63, 3.8) is 0 Å². The van der Waals surface area contributed by atoms with Gasteiger partial charge in [0, 0.05) is 31.5 Å². The average molecular weight is 304 g/mol. The second kappa shape index (κ2) is 8.13. The summed E-state index contributed by atoms with van der Waals surface area (Å²) < 4.78 is 0. The topological polar surface area (TPSA) is 57.3 Å². The summed E-state index contributed by atoms with van der Waals surface area (Å²) in [5, 5.41) is 5.98. The number of carbonyl (C=O) groups excluding carboxylic acids is 1. The zero-order chi connectivity index (χ0) is 15.9. The Bertz CT molecular complexity index is 463. The molecule has 1 aliphatic rings. The van der Waals surface area contributed by atoms with E-state index < -0.39 is 0 Å². The molecule has 1 aromatic rings. The zero-order valence-corrected chi connectivity index (χ0v) is 13.9. The molecular formula is C17H28N4O. The monoisotopic (exact) mass is 304 g/mol. The molecule has 0 saturated carbocycles. The summed E-state index contributed by atoms with van der Waals surface area (Å²) in [5.74, 6) is 0.551. The average Bonchev–Trinajstić information content (AvgIpc) is 2.54. The molecule has 2 heterocycles. The van der Waals surface area contributed by atoms with Gasteiger partial charge < -0.3 is 15.5 Å². The number of nitrogens with one attached hydrogen (secondary N) is 2. The number of aromatic nitrogens is 1. The highest BCUT2D eigenvalue weighted by Gasteiger charge is 2.22. The van der Waals surface area contributed by atoms with Crippen LogP contribution < -0.4 is 10.6 Å². The Morgan fingerprint density at radius 2 is 2.27 bits per heavy atom. The molecule has 0 aromatic carbocycles. The first-order valence-electron chi connectivity index (χ1n) is 8.24. The molecule has 1 aliphatic heterocycles. The molecule has 1 saturated heterocycles. The minimum absolute atomic E-state index is 0.0350. The van der Waals surface area contributed by atoms with Crippen LogP contribution in [0.25, 0.3) is 0 Å². The van der Waals surface area contributed by atoms with Crippen molar-refractivity contribution in [3.8, 4) is 0 Å². The van der Waals surface area contributed by atoms with E-state index in [2.05, 4.69) is 34.4 Å². The van der Waals surface area contributed by atoms with Gasteiger partial charge in [-0.3, -0.25) is 4.98 Å². The van der Waals surface area contributed by atoms with E-state index in [-0.39, 0.29) is 12.1 Å². The predicted molar refractivity (Wildman–Crippen MR) is 88.6 cm³/mol. The van der Waals surface area contributed by atoms with Gasteiger partial charge in [-0.25, -0.2) is 4.79 Å². The van der Waals surface area contributed by atoms with E-state index in [0.29, 0.717) is 12.0 Å². The van der Waals surface area contributed by atoms with Gasteiger partial charge in [0.15, 0.2) is 0 Å². The fourth-order valence-electron chi connectivity index (χ4n) is 2.93. The molecule has 0 aliphatic carbocycles. The van der Waals surface area contributed by atoms with Gasteiger partial charge in [-0.2, -0.15) is 0 Å².